The average Bonchev–Trinajstić information content (AvgIpc) is 2.42. The fourth-order valence-corrected chi connectivity index (χ4v) is 3.90. The smallest absolute Gasteiger partial charge is 0.193 e. The molecule has 1 N–H and O–H groups in total. The molecule has 2 fully saturated rings. The van der Waals surface area contributed by atoms with Crippen LogP contribution in [0.4, 0.5) is 0 Å². The number of halogens is 1. The summed E-state index contributed by atoms with van der Waals surface area (Å²) in [5, 5.41) is 3.51. The molecule has 0 amide bonds. The molecule has 130 valence electrons. The molecular weight excluding hydrogens is 387 g/mol. The van der Waals surface area contributed by atoms with Crippen LogP contribution in [0.25, 0.3) is 0 Å². The van der Waals surface area contributed by atoms with Gasteiger partial charge in [0, 0.05) is 32.7 Å². The third-order valence-corrected chi connectivity index (χ3v) is 4.72. The summed E-state index contributed by atoms with van der Waals surface area (Å²) in [4.78, 5) is 9.90. The van der Waals surface area contributed by atoms with E-state index in [1.54, 1.807) is 0 Å². The number of guanidine groups is 1. The number of nitrogens with zero attached hydrogens (tertiary/aromatic N) is 3. The molecule has 2 saturated heterocycles. The van der Waals surface area contributed by atoms with Gasteiger partial charge >= 0.3 is 0 Å². The highest BCUT2D eigenvalue weighted by atomic mass is 127. The van der Waals surface area contributed by atoms with Crippen molar-refractivity contribution in [3.8, 4) is 0 Å². The van der Waals surface area contributed by atoms with Gasteiger partial charge in [0.2, 0.25) is 0 Å². The topological polar surface area (TPSA) is 30.9 Å². The van der Waals surface area contributed by atoms with Crippen molar-refractivity contribution in [1.29, 1.82) is 0 Å². The first-order valence-corrected chi connectivity index (χ1v) is 8.80. The number of rotatable bonds is 3. The van der Waals surface area contributed by atoms with Crippen LogP contribution < -0.4 is 5.32 Å². The van der Waals surface area contributed by atoms with Gasteiger partial charge in [-0.25, -0.2) is 0 Å². The first-order chi connectivity index (χ1) is 10.1. The highest BCUT2D eigenvalue weighted by Crippen LogP contribution is 2.21. The van der Waals surface area contributed by atoms with E-state index >= 15 is 0 Å². The Morgan fingerprint density at radius 1 is 1.18 bits per heavy atom. The minimum atomic E-state index is 0. The lowest BCUT2D eigenvalue weighted by Gasteiger charge is -2.37. The van der Waals surface area contributed by atoms with Crippen molar-refractivity contribution in [1.82, 2.24) is 15.1 Å². The van der Waals surface area contributed by atoms with E-state index in [1.807, 2.05) is 0 Å². The molecule has 0 radical (unpaired) electrons. The lowest BCUT2D eigenvalue weighted by Crippen LogP contribution is -2.48. The van der Waals surface area contributed by atoms with Crippen LogP contribution in [0.3, 0.4) is 0 Å². The van der Waals surface area contributed by atoms with Gasteiger partial charge in [0.1, 0.15) is 0 Å². The molecule has 2 rings (SSSR count). The summed E-state index contributed by atoms with van der Waals surface area (Å²) in [5.74, 6) is 3.43. The molecule has 3 atom stereocenters. The van der Waals surface area contributed by atoms with Gasteiger partial charge in [-0.2, -0.15) is 0 Å². The van der Waals surface area contributed by atoms with Crippen LogP contribution in [-0.4, -0.2) is 62.1 Å². The van der Waals surface area contributed by atoms with Crippen LogP contribution in [0, 0.1) is 17.8 Å². The Morgan fingerprint density at radius 3 is 2.45 bits per heavy atom. The molecule has 0 aromatic carbocycles. The Hall–Kier alpha value is -0.0400. The lowest BCUT2D eigenvalue weighted by molar-refractivity contribution is 0.203. The number of likely N-dealkylation sites (tertiary alicyclic amines) is 2. The SMILES string of the molecule is CCNC(=NCC1CCCN(C)C1)N1CC(C)CC(C)C1.I. The standard InChI is InChI=1S/C17H34N4.HI/c1-5-18-17(21-11-14(2)9-15(3)12-21)19-10-16-7-6-8-20(4)13-16;/h14-16H,5-13H2,1-4H3,(H,18,19);1H. The van der Waals surface area contributed by atoms with E-state index in [0.717, 1.165) is 49.9 Å². The maximum Gasteiger partial charge on any atom is 0.193 e. The Bertz CT molecular complexity index is 338. The number of hydrogen-bond acceptors (Lipinski definition) is 2. The maximum atomic E-state index is 4.97. The van der Waals surface area contributed by atoms with Crippen LogP contribution in [0.1, 0.15) is 40.0 Å². The Morgan fingerprint density at radius 2 is 1.86 bits per heavy atom. The Balaban J connectivity index is 0.00000242. The molecule has 2 heterocycles. The molecule has 4 nitrogen and oxygen atoms in total. The molecular formula is C17H35IN4. The maximum absolute atomic E-state index is 4.97. The van der Waals surface area contributed by atoms with E-state index < -0.39 is 0 Å². The molecule has 22 heavy (non-hydrogen) atoms. The number of hydrogen-bond donors (Lipinski definition) is 1. The normalized spacial score (nSPS) is 30.8. The van der Waals surface area contributed by atoms with E-state index in [4.69, 9.17) is 4.99 Å². The van der Waals surface area contributed by atoms with E-state index in [0.29, 0.717) is 0 Å². The summed E-state index contributed by atoms with van der Waals surface area (Å²) >= 11 is 0. The third-order valence-electron chi connectivity index (χ3n) is 4.72. The monoisotopic (exact) mass is 422 g/mol. The number of piperidine rings is 2. The fourth-order valence-electron chi connectivity index (χ4n) is 3.90. The van der Waals surface area contributed by atoms with Gasteiger partial charge in [-0.05, 0) is 57.5 Å². The van der Waals surface area contributed by atoms with Gasteiger partial charge in [-0.1, -0.05) is 13.8 Å². The summed E-state index contributed by atoms with van der Waals surface area (Å²) in [7, 11) is 2.23. The zero-order valence-corrected chi connectivity index (χ0v) is 17.2. The van der Waals surface area contributed by atoms with E-state index in [-0.39, 0.29) is 24.0 Å². The summed E-state index contributed by atoms with van der Waals surface area (Å²) in [6.07, 6.45) is 4.01. The van der Waals surface area contributed by atoms with Crippen molar-refractivity contribution in [3.63, 3.8) is 0 Å². The second-order valence-electron chi connectivity index (χ2n) is 7.32. The number of aliphatic imine (C=N–C) groups is 1. The van der Waals surface area contributed by atoms with E-state index in [2.05, 4.69) is 42.9 Å². The zero-order valence-electron chi connectivity index (χ0n) is 14.8. The molecule has 0 aromatic rings. The second-order valence-corrected chi connectivity index (χ2v) is 7.32. The largest absolute Gasteiger partial charge is 0.357 e. The molecule has 3 unspecified atom stereocenters. The Labute approximate surface area is 154 Å². The van der Waals surface area contributed by atoms with Crippen LogP contribution in [-0.2, 0) is 0 Å². The minimum absolute atomic E-state index is 0. The summed E-state index contributed by atoms with van der Waals surface area (Å²) in [6, 6.07) is 0. The van der Waals surface area contributed by atoms with Crippen LogP contribution in [0.2, 0.25) is 0 Å². The molecule has 5 heteroatoms. The quantitative estimate of drug-likeness (QED) is 0.431. The third kappa shape index (κ3) is 6.22. The van der Waals surface area contributed by atoms with E-state index in [9.17, 15) is 0 Å². The zero-order chi connectivity index (χ0) is 15.2. The van der Waals surface area contributed by atoms with Crippen LogP contribution >= 0.6 is 24.0 Å². The predicted octanol–water partition coefficient (Wildman–Crippen LogP) is 2.89. The highest BCUT2D eigenvalue weighted by molar-refractivity contribution is 14.0. The van der Waals surface area contributed by atoms with Crippen molar-refractivity contribution >= 4 is 29.9 Å². The van der Waals surface area contributed by atoms with Crippen molar-refractivity contribution in [2.45, 2.75) is 40.0 Å². The second kappa shape index (κ2) is 9.96. The van der Waals surface area contributed by atoms with Gasteiger partial charge in [-0.3, -0.25) is 4.99 Å². The predicted molar refractivity (Wildman–Crippen MR) is 106 cm³/mol. The first-order valence-electron chi connectivity index (χ1n) is 8.80. The fraction of sp³-hybridized carbons (Fsp3) is 0.941. The molecule has 0 aromatic heterocycles. The van der Waals surface area contributed by atoms with Gasteiger partial charge in [0.15, 0.2) is 5.96 Å². The van der Waals surface area contributed by atoms with Crippen molar-refractivity contribution in [3.05, 3.63) is 0 Å². The highest BCUT2D eigenvalue weighted by Gasteiger charge is 2.24. The average molecular weight is 422 g/mol. The molecule has 0 saturated carbocycles. The molecule has 2 aliphatic heterocycles. The molecule has 0 aliphatic carbocycles. The molecule has 0 spiro atoms. The number of nitrogens with one attached hydrogen (secondary N) is 1. The summed E-state index contributed by atoms with van der Waals surface area (Å²) in [6.45, 7) is 13.6. The summed E-state index contributed by atoms with van der Waals surface area (Å²) in [5.41, 5.74) is 0. The molecule has 2 aliphatic rings. The Kier molecular flexibility index (Phi) is 9.05. The van der Waals surface area contributed by atoms with E-state index in [1.165, 1.54) is 32.4 Å². The molecule has 0 bridgehead atoms. The summed E-state index contributed by atoms with van der Waals surface area (Å²) < 4.78 is 0. The first kappa shape index (κ1) is 20.0. The van der Waals surface area contributed by atoms with Gasteiger partial charge in [-0.15, -0.1) is 24.0 Å². The van der Waals surface area contributed by atoms with Crippen molar-refractivity contribution < 1.29 is 0 Å². The van der Waals surface area contributed by atoms with Crippen LogP contribution in [0.15, 0.2) is 4.99 Å². The lowest BCUT2D eigenvalue weighted by atomic mass is 9.92. The van der Waals surface area contributed by atoms with Gasteiger partial charge in [0.05, 0.1) is 0 Å². The van der Waals surface area contributed by atoms with Gasteiger partial charge in [0.25, 0.3) is 0 Å². The van der Waals surface area contributed by atoms with Crippen LogP contribution in [0.5, 0.6) is 0 Å². The van der Waals surface area contributed by atoms with Crippen molar-refractivity contribution in [2.75, 3.05) is 46.3 Å². The van der Waals surface area contributed by atoms with Gasteiger partial charge < -0.3 is 15.1 Å². The van der Waals surface area contributed by atoms with Crippen molar-refractivity contribution in [2.24, 2.45) is 22.7 Å². The minimum Gasteiger partial charge on any atom is -0.357 e.